The molecule has 0 aromatic heterocycles. The molecule has 1 rings (SSSR count). The molecule has 17 heavy (non-hydrogen) atoms. The summed E-state index contributed by atoms with van der Waals surface area (Å²) in [6.45, 7) is 6.04. The summed E-state index contributed by atoms with van der Waals surface area (Å²) < 4.78 is 0. The zero-order valence-electron chi connectivity index (χ0n) is 10.8. The molecule has 0 saturated heterocycles. The minimum Gasteiger partial charge on any atom is -0.121 e. The molecule has 0 aliphatic heterocycles. The predicted molar refractivity (Wildman–Crippen MR) is 76.9 cm³/mol. The van der Waals surface area contributed by atoms with Crippen LogP contribution in [0.5, 0.6) is 0 Å². The molecule has 0 bridgehead atoms. The van der Waals surface area contributed by atoms with E-state index in [1.165, 1.54) is 30.4 Å². The van der Waals surface area contributed by atoms with Gasteiger partial charge in [0, 0.05) is 0 Å². The van der Waals surface area contributed by atoms with Crippen molar-refractivity contribution >= 4 is 6.08 Å². The van der Waals surface area contributed by atoms with E-state index in [2.05, 4.69) is 49.6 Å². The van der Waals surface area contributed by atoms with Crippen molar-refractivity contribution in [1.82, 2.24) is 0 Å². The second-order valence-electron chi connectivity index (χ2n) is 4.25. The molecule has 0 fully saturated rings. The molecule has 0 unspecified atom stereocenters. The average Bonchev–Trinajstić information content (AvgIpc) is 2.37. The molecule has 0 spiro atoms. The summed E-state index contributed by atoms with van der Waals surface area (Å²) in [4.78, 5) is 0. The lowest BCUT2D eigenvalue weighted by molar-refractivity contribution is 0.708. The summed E-state index contributed by atoms with van der Waals surface area (Å²) in [7, 11) is 0. The van der Waals surface area contributed by atoms with Gasteiger partial charge in [0.15, 0.2) is 0 Å². The minimum absolute atomic E-state index is 0.951. The molecule has 0 N–H and O–H groups in total. The van der Waals surface area contributed by atoms with Gasteiger partial charge < -0.3 is 0 Å². The van der Waals surface area contributed by atoms with Gasteiger partial charge in [-0.15, -0.1) is 12.3 Å². The van der Waals surface area contributed by atoms with Crippen molar-refractivity contribution < 1.29 is 0 Å². The van der Waals surface area contributed by atoms with Crippen LogP contribution in [-0.4, -0.2) is 0 Å². The first-order valence-corrected chi connectivity index (χ1v) is 6.47. The van der Waals surface area contributed by atoms with Crippen LogP contribution in [0.2, 0.25) is 0 Å². The van der Waals surface area contributed by atoms with Crippen LogP contribution >= 0.6 is 0 Å². The van der Waals surface area contributed by atoms with Gasteiger partial charge in [0.25, 0.3) is 0 Å². The van der Waals surface area contributed by atoms with Gasteiger partial charge in [-0.2, -0.15) is 0 Å². The third kappa shape index (κ3) is 5.94. The molecule has 0 aliphatic carbocycles. The second kappa shape index (κ2) is 8.61. The molecular formula is C17H22. The summed E-state index contributed by atoms with van der Waals surface area (Å²) in [5, 5.41) is 0. The van der Waals surface area contributed by atoms with Crippen LogP contribution in [0.15, 0.2) is 54.3 Å². The van der Waals surface area contributed by atoms with Crippen molar-refractivity contribution in [3.05, 3.63) is 59.9 Å². The Balaban J connectivity index is 2.68. The number of rotatable bonds is 7. The van der Waals surface area contributed by atoms with Crippen molar-refractivity contribution in [3.63, 3.8) is 0 Å². The van der Waals surface area contributed by atoms with Crippen molar-refractivity contribution in [2.45, 2.75) is 39.0 Å². The molecule has 0 heterocycles. The molecule has 0 heteroatoms. The third-order valence-electron chi connectivity index (χ3n) is 2.72. The molecule has 1 aromatic carbocycles. The van der Waals surface area contributed by atoms with E-state index >= 15 is 0 Å². The van der Waals surface area contributed by atoms with E-state index in [9.17, 15) is 0 Å². The summed E-state index contributed by atoms with van der Waals surface area (Å²) in [6, 6.07) is 10.3. The normalized spacial score (nSPS) is 9.47. The van der Waals surface area contributed by atoms with E-state index in [-0.39, 0.29) is 0 Å². The number of benzene rings is 1. The smallest absolute Gasteiger partial charge is 0.00652 e. The van der Waals surface area contributed by atoms with Crippen LogP contribution in [-0.2, 0) is 0 Å². The van der Waals surface area contributed by atoms with Gasteiger partial charge in [-0.25, -0.2) is 0 Å². The highest BCUT2D eigenvalue weighted by atomic mass is 14.0. The van der Waals surface area contributed by atoms with Crippen molar-refractivity contribution in [2.75, 3.05) is 0 Å². The Hall–Kier alpha value is -1.52. The molecule has 0 atom stereocenters. The number of hydrogen-bond acceptors (Lipinski definition) is 0. The van der Waals surface area contributed by atoms with Gasteiger partial charge >= 0.3 is 0 Å². The highest BCUT2D eigenvalue weighted by molar-refractivity contribution is 5.48. The fourth-order valence-electron chi connectivity index (χ4n) is 1.73. The van der Waals surface area contributed by atoms with Gasteiger partial charge in [-0.05, 0) is 36.5 Å². The Labute approximate surface area is 105 Å². The quantitative estimate of drug-likeness (QED) is 0.332. The van der Waals surface area contributed by atoms with Crippen LogP contribution < -0.4 is 0 Å². The lowest BCUT2D eigenvalue weighted by Crippen LogP contribution is -1.81. The molecule has 0 nitrogen and oxygen atoms in total. The predicted octanol–water partition coefficient (Wildman–Crippen LogP) is 5.38. The minimum atomic E-state index is 0.951. The molecule has 0 amide bonds. The van der Waals surface area contributed by atoms with Gasteiger partial charge in [-0.3, -0.25) is 0 Å². The van der Waals surface area contributed by atoms with Crippen LogP contribution in [0.4, 0.5) is 0 Å². The highest BCUT2D eigenvalue weighted by Gasteiger charge is 1.93. The monoisotopic (exact) mass is 226 g/mol. The molecular weight excluding hydrogens is 204 g/mol. The van der Waals surface area contributed by atoms with Crippen LogP contribution in [0.3, 0.4) is 0 Å². The maximum absolute atomic E-state index is 3.81. The Bertz CT molecular complexity index is 378. The average molecular weight is 226 g/mol. The fraction of sp³-hybridized carbons (Fsp3) is 0.353. The van der Waals surface area contributed by atoms with Gasteiger partial charge in [0.2, 0.25) is 0 Å². The first kappa shape index (κ1) is 13.5. The van der Waals surface area contributed by atoms with E-state index in [1.807, 2.05) is 12.1 Å². The first-order chi connectivity index (χ1) is 8.36. The maximum atomic E-state index is 3.81. The molecule has 0 radical (unpaired) electrons. The SMILES string of the molecule is C=CCC(=C=Cc1ccccc1)CCCCC. The zero-order chi connectivity index (χ0) is 12.3. The van der Waals surface area contributed by atoms with Crippen LogP contribution in [0, 0.1) is 0 Å². The Kier molecular flexibility index (Phi) is 6.86. The number of hydrogen-bond donors (Lipinski definition) is 0. The third-order valence-corrected chi connectivity index (χ3v) is 2.72. The summed E-state index contributed by atoms with van der Waals surface area (Å²) in [6.07, 6.45) is 9.96. The Morgan fingerprint density at radius 2 is 2.00 bits per heavy atom. The molecule has 0 saturated carbocycles. The summed E-state index contributed by atoms with van der Waals surface area (Å²) in [5.41, 5.74) is 5.99. The van der Waals surface area contributed by atoms with E-state index in [1.54, 1.807) is 0 Å². The Morgan fingerprint density at radius 1 is 1.24 bits per heavy atom. The molecule has 1 aromatic rings. The number of allylic oxidation sites excluding steroid dienone is 2. The largest absolute Gasteiger partial charge is 0.121 e. The van der Waals surface area contributed by atoms with E-state index in [0.29, 0.717) is 0 Å². The molecule has 90 valence electrons. The van der Waals surface area contributed by atoms with Gasteiger partial charge in [0.05, 0.1) is 0 Å². The lowest BCUT2D eigenvalue weighted by Gasteiger charge is -2.00. The van der Waals surface area contributed by atoms with Crippen molar-refractivity contribution in [3.8, 4) is 0 Å². The summed E-state index contributed by atoms with van der Waals surface area (Å²) >= 11 is 0. The van der Waals surface area contributed by atoms with Gasteiger partial charge in [0.1, 0.15) is 0 Å². The first-order valence-electron chi connectivity index (χ1n) is 6.47. The van der Waals surface area contributed by atoms with E-state index in [4.69, 9.17) is 0 Å². The summed E-state index contributed by atoms with van der Waals surface area (Å²) in [5.74, 6) is 0. The fourth-order valence-corrected chi connectivity index (χ4v) is 1.73. The van der Waals surface area contributed by atoms with Crippen molar-refractivity contribution in [2.24, 2.45) is 0 Å². The van der Waals surface area contributed by atoms with Crippen LogP contribution in [0.1, 0.15) is 44.6 Å². The van der Waals surface area contributed by atoms with Crippen molar-refractivity contribution in [1.29, 1.82) is 0 Å². The highest BCUT2D eigenvalue weighted by Crippen LogP contribution is 2.12. The second-order valence-corrected chi connectivity index (χ2v) is 4.25. The van der Waals surface area contributed by atoms with E-state index < -0.39 is 0 Å². The standard InChI is InChI=1S/C17H22/c1-3-5-7-11-16(10-4-2)14-15-17-12-8-6-9-13-17/h4,6,8-9,12-13,15H,2-3,5,7,10-11H2,1H3. The molecule has 0 aliphatic rings. The topological polar surface area (TPSA) is 0 Å². The van der Waals surface area contributed by atoms with Crippen LogP contribution in [0.25, 0.3) is 6.08 Å². The van der Waals surface area contributed by atoms with Gasteiger partial charge in [-0.1, -0.05) is 56.2 Å². The maximum Gasteiger partial charge on any atom is -0.00652 e. The van der Waals surface area contributed by atoms with E-state index in [0.717, 1.165) is 12.8 Å². The Morgan fingerprint density at radius 3 is 2.65 bits per heavy atom. The zero-order valence-corrected chi connectivity index (χ0v) is 10.8. The number of unbranched alkanes of at least 4 members (excludes halogenated alkanes) is 2. The lowest BCUT2D eigenvalue weighted by atomic mass is 10.0.